The highest BCUT2D eigenvalue weighted by Gasteiger charge is 2.18. The van der Waals surface area contributed by atoms with Gasteiger partial charge in [0.1, 0.15) is 17.3 Å². The first-order chi connectivity index (χ1) is 15.2. The zero-order valence-electron chi connectivity index (χ0n) is 17.2. The summed E-state index contributed by atoms with van der Waals surface area (Å²) in [7, 11) is 1.92. The standard InChI is InChI=1S/C23H22N6O2/c1-28-15-24-14-19(28)16-7-8-20-17(13-16)23(30)27-21-6-4-5-18(26-21)22-25-9-11-29(22)10-2-3-12-31-20/h4-9,11,13-15H,2-3,10,12H2,1H3,(H,26,27,30). The Morgan fingerprint density at radius 3 is 2.97 bits per heavy atom. The minimum Gasteiger partial charge on any atom is -0.493 e. The van der Waals surface area contributed by atoms with E-state index >= 15 is 0 Å². The molecular formula is C23H22N6O2. The van der Waals surface area contributed by atoms with E-state index in [1.807, 2.05) is 48.1 Å². The van der Waals surface area contributed by atoms with Gasteiger partial charge in [-0.1, -0.05) is 6.07 Å². The first kappa shape index (κ1) is 19.0. The topological polar surface area (TPSA) is 86.9 Å². The number of ether oxygens (including phenoxy) is 1. The number of aromatic nitrogens is 5. The zero-order valence-corrected chi connectivity index (χ0v) is 17.2. The molecular weight excluding hydrogens is 392 g/mol. The molecule has 4 aromatic rings. The number of carbonyl (C=O) groups is 1. The molecule has 156 valence electrons. The second-order valence-corrected chi connectivity index (χ2v) is 7.46. The smallest absolute Gasteiger partial charge is 0.260 e. The maximum atomic E-state index is 13.2. The van der Waals surface area contributed by atoms with Gasteiger partial charge in [0, 0.05) is 31.5 Å². The Kier molecular flexibility index (Phi) is 4.95. The molecule has 31 heavy (non-hydrogen) atoms. The molecule has 8 nitrogen and oxygen atoms in total. The third kappa shape index (κ3) is 3.79. The lowest BCUT2D eigenvalue weighted by atomic mass is 10.1. The normalized spacial score (nSPS) is 14.0. The Morgan fingerprint density at radius 2 is 2.10 bits per heavy atom. The van der Waals surface area contributed by atoms with Crippen molar-refractivity contribution in [2.75, 3.05) is 11.9 Å². The number of pyridine rings is 1. The van der Waals surface area contributed by atoms with Gasteiger partial charge in [0.05, 0.1) is 30.4 Å². The monoisotopic (exact) mass is 414 g/mol. The van der Waals surface area contributed by atoms with Crippen LogP contribution < -0.4 is 10.1 Å². The van der Waals surface area contributed by atoms with Gasteiger partial charge in [-0.3, -0.25) is 4.79 Å². The maximum absolute atomic E-state index is 13.2. The summed E-state index contributed by atoms with van der Waals surface area (Å²) in [6.07, 6.45) is 9.01. The lowest BCUT2D eigenvalue weighted by Crippen LogP contribution is -2.16. The van der Waals surface area contributed by atoms with E-state index in [1.165, 1.54) is 0 Å². The average Bonchev–Trinajstić information content (AvgIpc) is 3.42. The van der Waals surface area contributed by atoms with Crippen molar-refractivity contribution in [2.45, 2.75) is 19.4 Å². The van der Waals surface area contributed by atoms with Crippen molar-refractivity contribution < 1.29 is 9.53 Å². The Morgan fingerprint density at radius 1 is 1.16 bits per heavy atom. The number of nitrogens with zero attached hydrogens (tertiary/aromatic N) is 5. The predicted molar refractivity (Wildman–Crippen MR) is 117 cm³/mol. The van der Waals surface area contributed by atoms with Crippen LogP contribution in [-0.2, 0) is 13.6 Å². The van der Waals surface area contributed by atoms with Crippen molar-refractivity contribution in [3.63, 3.8) is 0 Å². The number of hydrogen-bond donors (Lipinski definition) is 1. The lowest BCUT2D eigenvalue weighted by molar-refractivity contribution is 0.102. The molecule has 4 heterocycles. The van der Waals surface area contributed by atoms with Crippen LogP contribution in [0.2, 0.25) is 0 Å². The van der Waals surface area contributed by atoms with Crippen LogP contribution in [0.3, 0.4) is 0 Å². The molecule has 0 radical (unpaired) electrons. The van der Waals surface area contributed by atoms with E-state index < -0.39 is 0 Å². The second kappa shape index (κ2) is 8.06. The Balaban J connectivity index is 1.55. The van der Waals surface area contributed by atoms with E-state index in [4.69, 9.17) is 4.74 Å². The van der Waals surface area contributed by atoms with E-state index in [0.717, 1.165) is 42.2 Å². The van der Waals surface area contributed by atoms with Crippen molar-refractivity contribution in [3.8, 4) is 28.5 Å². The summed E-state index contributed by atoms with van der Waals surface area (Å²) >= 11 is 0. The van der Waals surface area contributed by atoms with Gasteiger partial charge >= 0.3 is 0 Å². The quantitative estimate of drug-likeness (QED) is 0.512. The van der Waals surface area contributed by atoms with Crippen LogP contribution >= 0.6 is 0 Å². The van der Waals surface area contributed by atoms with Gasteiger partial charge in [-0.05, 0) is 43.2 Å². The number of benzene rings is 1. The van der Waals surface area contributed by atoms with Crippen molar-refractivity contribution in [1.29, 1.82) is 0 Å². The molecule has 1 aliphatic rings. The minimum absolute atomic E-state index is 0.274. The fraction of sp³-hybridized carbons (Fsp3) is 0.217. The average molecular weight is 414 g/mol. The van der Waals surface area contributed by atoms with Crippen LogP contribution in [0.4, 0.5) is 5.82 Å². The number of hydrogen-bond acceptors (Lipinski definition) is 5. The van der Waals surface area contributed by atoms with E-state index in [1.54, 1.807) is 24.8 Å². The molecule has 0 aliphatic carbocycles. The molecule has 1 N–H and O–H groups in total. The van der Waals surface area contributed by atoms with E-state index in [0.29, 0.717) is 23.7 Å². The maximum Gasteiger partial charge on any atom is 0.260 e. The molecule has 1 aliphatic heterocycles. The molecule has 3 aromatic heterocycles. The number of carbonyl (C=O) groups excluding carboxylic acids is 1. The molecule has 0 fully saturated rings. The molecule has 2 bridgehead atoms. The number of amides is 1. The van der Waals surface area contributed by atoms with Gasteiger partial charge < -0.3 is 19.2 Å². The summed E-state index contributed by atoms with van der Waals surface area (Å²) in [4.78, 5) is 26.5. The van der Waals surface area contributed by atoms with Crippen LogP contribution in [0.5, 0.6) is 5.75 Å². The Hall–Kier alpha value is -3.94. The van der Waals surface area contributed by atoms with Crippen molar-refractivity contribution in [2.24, 2.45) is 7.05 Å². The molecule has 0 saturated heterocycles. The van der Waals surface area contributed by atoms with Crippen LogP contribution in [-0.4, -0.2) is 36.6 Å². The summed E-state index contributed by atoms with van der Waals surface area (Å²) in [6, 6.07) is 11.2. The van der Waals surface area contributed by atoms with E-state index in [-0.39, 0.29) is 5.91 Å². The van der Waals surface area contributed by atoms with Crippen molar-refractivity contribution in [1.82, 2.24) is 24.1 Å². The highest BCUT2D eigenvalue weighted by Crippen LogP contribution is 2.28. The van der Waals surface area contributed by atoms with Crippen LogP contribution in [0.15, 0.2) is 61.3 Å². The largest absolute Gasteiger partial charge is 0.493 e. The summed E-state index contributed by atoms with van der Waals surface area (Å²) in [5.74, 6) is 1.53. The number of rotatable bonds is 1. The zero-order chi connectivity index (χ0) is 21.2. The first-order valence-corrected chi connectivity index (χ1v) is 10.2. The predicted octanol–water partition coefficient (Wildman–Crippen LogP) is 3.77. The van der Waals surface area contributed by atoms with Gasteiger partial charge in [-0.25, -0.2) is 15.0 Å². The second-order valence-electron chi connectivity index (χ2n) is 7.46. The summed E-state index contributed by atoms with van der Waals surface area (Å²) in [5.41, 5.74) is 2.99. The number of fused-ring (bicyclic) bond motifs is 5. The van der Waals surface area contributed by atoms with Gasteiger partial charge in [-0.2, -0.15) is 0 Å². The number of nitrogens with one attached hydrogen (secondary N) is 1. The third-order valence-electron chi connectivity index (χ3n) is 5.32. The number of aryl methyl sites for hydroxylation is 2. The lowest BCUT2D eigenvalue weighted by Gasteiger charge is -2.15. The number of anilines is 1. The fourth-order valence-electron chi connectivity index (χ4n) is 3.73. The summed E-state index contributed by atoms with van der Waals surface area (Å²) in [5, 5.41) is 2.91. The molecule has 1 aromatic carbocycles. The van der Waals surface area contributed by atoms with E-state index in [9.17, 15) is 4.79 Å². The number of imidazole rings is 2. The van der Waals surface area contributed by atoms with Crippen molar-refractivity contribution >= 4 is 11.7 Å². The van der Waals surface area contributed by atoms with Crippen LogP contribution in [0.1, 0.15) is 23.2 Å². The fourth-order valence-corrected chi connectivity index (χ4v) is 3.73. The molecule has 5 rings (SSSR count). The Bertz CT molecular complexity index is 1240. The van der Waals surface area contributed by atoms with Crippen LogP contribution in [0, 0.1) is 0 Å². The third-order valence-corrected chi connectivity index (χ3v) is 5.32. The van der Waals surface area contributed by atoms with Gasteiger partial charge in [0.2, 0.25) is 0 Å². The summed E-state index contributed by atoms with van der Waals surface area (Å²) in [6.45, 7) is 1.35. The highest BCUT2D eigenvalue weighted by molar-refractivity contribution is 6.06. The van der Waals surface area contributed by atoms with E-state index in [2.05, 4.69) is 24.8 Å². The van der Waals surface area contributed by atoms with Gasteiger partial charge in [-0.15, -0.1) is 0 Å². The Labute approximate surface area is 179 Å². The van der Waals surface area contributed by atoms with Crippen LogP contribution in [0.25, 0.3) is 22.8 Å². The summed E-state index contributed by atoms with van der Waals surface area (Å²) < 4.78 is 9.99. The van der Waals surface area contributed by atoms with Gasteiger partial charge in [0.25, 0.3) is 5.91 Å². The molecule has 0 saturated carbocycles. The molecule has 0 unspecified atom stereocenters. The van der Waals surface area contributed by atoms with Gasteiger partial charge in [0.15, 0.2) is 5.82 Å². The molecule has 0 spiro atoms. The molecule has 0 atom stereocenters. The highest BCUT2D eigenvalue weighted by atomic mass is 16.5. The molecule has 8 heteroatoms. The minimum atomic E-state index is -0.274. The molecule has 1 amide bonds. The first-order valence-electron chi connectivity index (χ1n) is 10.2. The van der Waals surface area contributed by atoms with Crippen molar-refractivity contribution in [3.05, 3.63) is 66.9 Å². The SMILES string of the molecule is Cn1cncc1-c1ccc2c(c1)C(=O)Nc1cccc(n1)-c1nccn1CCCCO2.